The van der Waals surface area contributed by atoms with Gasteiger partial charge in [0.1, 0.15) is 5.75 Å². The minimum absolute atomic E-state index is 0.114. The number of anilines is 3. The van der Waals surface area contributed by atoms with Crippen LogP contribution < -0.4 is 19.9 Å². The van der Waals surface area contributed by atoms with Crippen LogP contribution in [-0.4, -0.2) is 51.8 Å². The summed E-state index contributed by atoms with van der Waals surface area (Å²) in [4.78, 5) is 28.5. The van der Waals surface area contributed by atoms with Crippen LogP contribution in [0.4, 0.5) is 17.1 Å². The number of methoxy groups -OCH3 is 1. The number of nitrogens with zero attached hydrogens (tertiary/aromatic N) is 2. The van der Waals surface area contributed by atoms with Crippen molar-refractivity contribution in [1.82, 2.24) is 0 Å². The Morgan fingerprint density at radius 3 is 2.45 bits per heavy atom. The first-order valence-corrected chi connectivity index (χ1v) is 9.72. The molecule has 0 saturated carbocycles. The molecule has 0 unspecified atom stereocenters. The first-order chi connectivity index (χ1) is 14.1. The van der Waals surface area contributed by atoms with Crippen molar-refractivity contribution >= 4 is 28.9 Å². The van der Waals surface area contributed by atoms with Gasteiger partial charge < -0.3 is 24.6 Å². The van der Waals surface area contributed by atoms with E-state index in [-0.39, 0.29) is 18.2 Å². The summed E-state index contributed by atoms with van der Waals surface area (Å²) in [6.45, 7) is 4.74. The Morgan fingerprint density at radius 2 is 1.79 bits per heavy atom. The van der Waals surface area contributed by atoms with Crippen molar-refractivity contribution in [2.45, 2.75) is 13.3 Å². The molecule has 0 aromatic heterocycles. The summed E-state index contributed by atoms with van der Waals surface area (Å²) in [5, 5.41) is 2.99. The van der Waals surface area contributed by atoms with E-state index >= 15 is 0 Å². The van der Waals surface area contributed by atoms with Crippen molar-refractivity contribution < 1.29 is 19.1 Å². The molecule has 7 nitrogen and oxygen atoms in total. The summed E-state index contributed by atoms with van der Waals surface area (Å²) in [6.07, 6.45) is 0.197. The average molecular weight is 397 g/mol. The van der Waals surface area contributed by atoms with E-state index in [1.165, 1.54) is 6.92 Å². The number of para-hydroxylation sites is 2. The van der Waals surface area contributed by atoms with Crippen molar-refractivity contribution in [2.24, 2.45) is 0 Å². The second-order valence-corrected chi connectivity index (χ2v) is 6.78. The van der Waals surface area contributed by atoms with Crippen molar-refractivity contribution in [2.75, 3.05) is 55.1 Å². The molecular formula is C22H27N3O4. The third-order valence-electron chi connectivity index (χ3n) is 4.86. The first-order valence-electron chi connectivity index (χ1n) is 9.72. The highest BCUT2D eigenvalue weighted by atomic mass is 16.5. The maximum atomic E-state index is 12.6. The molecular weight excluding hydrogens is 370 g/mol. The standard InChI is InChI=1S/C22H27N3O4/c1-17(26)25(18-7-9-19(28-2)10-8-18)12-11-22(27)23-20-5-3-4-6-21(20)24-13-15-29-16-14-24/h3-10H,11-16H2,1-2H3,(H,23,27). The van der Waals surface area contributed by atoms with Crippen LogP contribution in [0.3, 0.4) is 0 Å². The van der Waals surface area contributed by atoms with E-state index in [0.717, 1.165) is 35.9 Å². The van der Waals surface area contributed by atoms with Crippen LogP contribution in [0, 0.1) is 0 Å². The van der Waals surface area contributed by atoms with Gasteiger partial charge in [0.15, 0.2) is 0 Å². The predicted molar refractivity (Wildman–Crippen MR) is 114 cm³/mol. The Morgan fingerprint density at radius 1 is 1.10 bits per heavy atom. The predicted octanol–water partition coefficient (Wildman–Crippen LogP) is 2.91. The highest BCUT2D eigenvalue weighted by Gasteiger charge is 2.17. The van der Waals surface area contributed by atoms with Gasteiger partial charge in [0.05, 0.1) is 31.7 Å². The molecule has 1 aliphatic rings. The molecule has 1 heterocycles. The molecule has 3 rings (SSSR count). The van der Waals surface area contributed by atoms with E-state index in [1.807, 2.05) is 36.4 Å². The fourth-order valence-electron chi connectivity index (χ4n) is 3.32. The van der Waals surface area contributed by atoms with E-state index in [0.29, 0.717) is 19.8 Å². The number of amides is 2. The van der Waals surface area contributed by atoms with Gasteiger partial charge in [0.25, 0.3) is 0 Å². The molecule has 7 heteroatoms. The topological polar surface area (TPSA) is 71.1 Å². The number of benzene rings is 2. The molecule has 0 aliphatic carbocycles. The van der Waals surface area contributed by atoms with Gasteiger partial charge in [0, 0.05) is 38.7 Å². The van der Waals surface area contributed by atoms with Crippen LogP contribution in [-0.2, 0) is 14.3 Å². The summed E-state index contributed by atoms with van der Waals surface area (Å²) >= 11 is 0. The summed E-state index contributed by atoms with van der Waals surface area (Å²) in [6, 6.07) is 15.0. The van der Waals surface area contributed by atoms with Gasteiger partial charge >= 0.3 is 0 Å². The summed E-state index contributed by atoms with van der Waals surface area (Å²) in [5.41, 5.74) is 2.50. The summed E-state index contributed by atoms with van der Waals surface area (Å²) in [5.74, 6) is 0.469. The lowest BCUT2D eigenvalue weighted by molar-refractivity contribution is -0.117. The summed E-state index contributed by atoms with van der Waals surface area (Å²) in [7, 11) is 1.59. The lowest BCUT2D eigenvalue weighted by atomic mass is 10.2. The van der Waals surface area contributed by atoms with E-state index in [4.69, 9.17) is 9.47 Å². The van der Waals surface area contributed by atoms with Crippen LogP contribution in [0.2, 0.25) is 0 Å². The zero-order chi connectivity index (χ0) is 20.6. The second-order valence-electron chi connectivity index (χ2n) is 6.78. The Hall–Kier alpha value is -3.06. The Kier molecular flexibility index (Phi) is 7.08. The second kappa shape index (κ2) is 9.93. The minimum Gasteiger partial charge on any atom is -0.497 e. The highest BCUT2D eigenvalue weighted by molar-refractivity contribution is 5.96. The maximum Gasteiger partial charge on any atom is 0.226 e. The fraction of sp³-hybridized carbons (Fsp3) is 0.364. The van der Waals surface area contributed by atoms with Crippen molar-refractivity contribution in [3.05, 3.63) is 48.5 Å². The van der Waals surface area contributed by atoms with Crippen molar-refractivity contribution in [3.8, 4) is 5.75 Å². The third-order valence-corrected chi connectivity index (χ3v) is 4.86. The van der Waals surface area contributed by atoms with Gasteiger partial charge in [-0.2, -0.15) is 0 Å². The molecule has 1 saturated heterocycles. The fourth-order valence-corrected chi connectivity index (χ4v) is 3.32. The Bertz CT molecular complexity index is 832. The molecule has 0 atom stereocenters. The lowest BCUT2D eigenvalue weighted by Gasteiger charge is -2.30. The average Bonchev–Trinajstić information content (AvgIpc) is 2.75. The van der Waals surface area contributed by atoms with Gasteiger partial charge in [-0.3, -0.25) is 9.59 Å². The van der Waals surface area contributed by atoms with Crippen molar-refractivity contribution in [1.29, 1.82) is 0 Å². The van der Waals surface area contributed by atoms with Crippen LogP contribution in [0.1, 0.15) is 13.3 Å². The highest BCUT2D eigenvalue weighted by Crippen LogP contribution is 2.26. The number of rotatable bonds is 7. The van der Waals surface area contributed by atoms with Gasteiger partial charge in [-0.1, -0.05) is 12.1 Å². The van der Waals surface area contributed by atoms with Gasteiger partial charge in [-0.05, 0) is 36.4 Å². The smallest absolute Gasteiger partial charge is 0.226 e. The molecule has 1 N–H and O–H groups in total. The Balaban J connectivity index is 1.63. The number of hydrogen-bond acceptors (Lipinski definition) is 5. The number of morpholine rings is 1. The number of carbonyl (C=O) groups is 2. The quantitative estimate of drug-likeness (QED) is 0.778. The largest absolute Gasteiger partial charge is 0.497 e. The molecule has 0 radical (unpaired) electrons. The molecule has 154 valence electrons. The zero-order valence-corrected chi connectivity index (χ0v) is 16.9. The van der Waals surface area contributed by atoms with Crippen LogP contribution >= 0.6 is 0 Å². The van der Waals surface area contributed by atoms with Gasteiger partial charge in [-0.15, -0.1) is 0 Å². The van der Waals surface area contributed by atoms with E-state index < -0.39 is 0 Å². The van der Waals surface area contributed by atoms with E-state index in [1.54, 1.807) is 24.1 Å². The third kappa shape index (κ3) is 5.48. The number of nitrogens with one attached hydrogen (secondary N) is 1. The van der Waals surface area contributed by atoms with Gasteiger partial charge in [0.2, 0.25) is 11.8 Å². The molecule has 0 bridgehead atoms. The lowest BCUT2D eigenvalue weighted by Crippen LogP contribution is -2.37. The molecule has 2 amide bonds. The molecule has 2 aromatic rings. The molecule has 1 aliphatic heterocycles. The summed E-state index contributed by atoms with van der Waals surface area (Å²) < 4.78 is 10.6. The van der Waals surface area contributed by atoms with E-state index in [2.05, 4.69) is 10.2 Å². The number of hydrogen-bond donors (Lipinski definition) is 1. The van der Waals surface area contributed by atoms with Crippen LogP contribution in [0.5, 0.6) is 5.75 Å². The molecule has 0 spiro atoms. The first kappa shape index (κ1) is 20.7. The zero-order valence-electron chi connectivity index (χ0n) is 16.9. The van der Waals surface area contributed by atoms with Crippen LogP contribution in [0.25, 0.3) is 0 Å². The molecule has 29 heavy (non-hydrogen) atoms. The number of ether oxygens (including phenoxy) is 2. The molecule has 1 fully saturated rings. The SMILES string of the molecule is COc1ccc(N(CCC(=O)Nc2ccccc2N2CCOCC2)C(C)=O)cc1. The van der Waals surface area contributed by atoms with Gasteiger partial charge in [-0.25, -0.2) is 0 Å². The van der Waals surface area contributed by atoms with Crippen LogP contribution in [0.15, 0.2) is 48.5 Å². The maximum absolute atomic E-state index is 12.6. The molecule has 2 aromatic carbocycles. The minimum atomic E-state index is -0.134. The van der Waals surface area contributed by atoms with Crippen molar-refractivity contribution in [3.63, 3.8) is 0 Å². The monoisotopic (exact) mass is 397 g/mol. The number of carbonyl (C=O) groups excluding carboxylic acids is 2. The van der Waals surface area contributed by atoms with E-state index in [9.17, 15) is 9.59 Å². The Labute approximate surface area is 171 Å². The normalized spacial score (nSPS) is 13.7.